The summed E-state index contributed by atoms with van der Waals surface area (Å²) in [5.41, 5.74) is 0.694. The molecule has 1 saturated heterocycles. The summed E-state index contributed by atoms with van der Waals surface area (Å²) >= 11 is 0. The van der Waals surface area contributed by atoms with Crippen molar-refractivity contribution in [1.29, 1.82) is 0 Å². The third kappa shape index (κ3) is 1.70. The summed E-state index contributed by atoms with van der Waals surface area (Å²) in [7, 11) is 2.13. The summed E-state index contributed by atoms with van der Waals surface area (Å²) in [6, 6.07) is 0.453. The highest BCUT2D eigenvalue weighted by Gasteiger charge is 2.19. The van der Waals surface area contributed by atoms with E-state index in [4.69, 9.17) is 0 Å². The van der Waals surface area contributed by atoms with E-state index in [-0.39, 0.29) is 0 Å². The quantitative estimate of drug-likeness (QED) is 0.657. The van der Waals surface area contributed by atoms with Gasteiger partial charge in [-0.05, 0) is 33.0 Å². The summed E-state index contributed by atoms with van der Waals surface area (Å²) < 4.78 is 2.00. The molecular weight excluding hydrogens is 178 g/mol. The molecule has 1 aliphatic rings. The first-order valence-electron chi connectivity index (χ1n) is 4.97. The molecule has 0 unspecified atom stereocenters. The molecule has 0 radical (unpaired) electrons. The lowest BCUT2D eigenvalue weighted by molar-refractivity contribution is 0.111. The summed E-state index contributed by atoms with van der Waals surface area (Å²) in [4.78, 5) is 17.0. The molecule has 4 heteroatoms. The highest BCUT2D eigenvalue weighted by atomic mass is 16.1. The van der Waals surface area contributed by atoms with E-state index in [1.165, 1.54) is 0 Å². The van der Waals surface area contributed by atoms with Crippen LogP contribution in [0.4, 0.5) is 0 Å². The lowest BCUT2D eigenvalue weighted by Gasteiger charge is -2.30. The van der Waals surface area contributed by atoms with E-state index >= 15 is 0 Å². The molecular formula is C10H15N3O. The molecule has 0 aliphatic carbocycles. The van der Waals surface area contributed by atoms with Crippen LogP contribution in [0, 0.1) is 0 Å². The van der Waals surface area contributed by atoms with Gasteiger partial charge in [0.1, 0.15) is 5.69 Å². The van der Waals surface area contributed by atoms with E-state index < -0.39 is 0 Å². The molecule has 0 atom stereocenters. The first-order chi connectivity index (χ1) is 6.81. The molecule has 1 fully saturated rings. The number of aromatic nitrogens is 2. The van der Waals surface area contributed by atoms with Gasteiger partial charge in [0.05, 0.1) is 12.5 Å². The Morgan fingerprint density at radius 2 is 2.21 bits per heavy atom. The average Bonchev–Trinajstić information content (AvgIpc) is 2.67. The van der Waals surface area contributed by atoms with Gasteiger partial charge in [-0.15, -0.1) is 0 Å². The van der Waals surface area contributed by atoms with Crippen molar-refractivity contribution in [3.05, 3.63) is 18.2 Å². The van der Waals surface area contributed by atoms with E-state index in [0.717, 1.165) is 32.2 Å². The zero-order valence-corrected chi connectivity index (χ0v) is 8.39. The van der Waals surface area contributed by atoms with Gasteiger partial charge in [0, 0.05) is 6.04 Å². The monoisotopic (exact) mass is 193 g/mol. The molecule has 2 rings (SSSR count). The van der Waals surface area contributed by atoms with Crippen molar-refractivity contribution in [1.82, 2.24) is 14.5 Å². The molecule has 1 aliphatic heterocycles. The fraction of sp³-hybridized carbons (Fsp3) is 0.600. The normalized spacial score (nSPS) is 19.8. The van der Waals surface area contributed by atoms with Crippen molar-refractivity contribution in [2.24, 2.45) is 0 Å². The minimum Gasteiger partial charge on any atom is -0.325 e. The van der Waals surface area contributed by atoms with Crippen LogP contribution in [0.15, 0.2) is 12.5 Å². The van der Waals surface area contributed by atoms with E-state index in [1.54, 1.807) is 12.5 Å². The highest BCUT2D eigenvalue weighted by molar-refractivity contribution is 5.71. The molecule has 1 aromatic rings. The van der Waals surface area contributed by atoms with Gasteiger partial charge < -0.3 is 9.47 Å². The Kier molecular flexibility index (Phi) is 2.63. The molecule has 2 heterocycles. The number of piperidine rings is 1. The second-order valence-electron chi connectivity index (χ2n) is 3.88. The first-order valence-corrected chi connectivity index (χ1v) is 4.97. The Morgan fingerprint density at radius 1 is 1.50 bits per heavy atom. The third-order valence-electron chi connectivity index (χ3n) is 2.90. The Bertz CT molecular complexity index is 313. The van der Waals surface area contributed by atoms with Gasteiger partial charge in [0.15, 0.2) is 6.29 Å². The first kappa shape index (κ1) is 9.40. The van der Waals surface area contributed by atoms with Gasteiger partial charge in [-0.25, -0.2) is 4.98 Å². The molecule has 14 heavy (non-hydrogen) atoms. The maximum atomic E-state index is 10.7. The van der Waals surface area contributed by atoms with Crippen molar-refractivity contribution >= 4 is 6.29 Å². The number of nitrogens with zero attached hydrogens (tertiary/aromatic N) is 3. The zero-order chi connectivity index (χ0) is 9.97. The number of rotatable bonds is 2. The van der Waals surface area contributed by atoms with E-state index in [0.29, 0.717) is 11.7 Å². The SMILES string of the molecule is CN1CCC(n2cncc2C=O)CC1. The van der Waals surface area contributed by atoms with Crippen LogP contribution in [0.3, 0.4) is 0 Å². The van der Waals surface area contributed by atoms with Gasteiger partial charge in [0.25, 0.3) is 0 Å². The number of carbonyl (C=O) groups excluding carboxylic acids is 1. The lowest BCUT2D eigenvalue weighted by atomic mass is 10.1. The van der Waals surface area contributed by atoms with Gasteiger partial charge >= 0.3 is 0 Å². The van der Waals surface area contributed by atoms with Crippen molar-refractivity contribution in [3.63, 3.8) is 0 Å². The Hall–Kier alpha value is -1.16. The number of imidazole rings is 1. The maximum Gasteiger partial charge on any atom is 0.168 e. The van der Waals surface area contributed by atoms with Crippen LogP contribution in [0.2, 0.25) is 0 Å². The smallest absolute Gasteiger partial charge is 0.168 e. The largest absolute Gasteiger partial charge is 0.325 e. The molecule has 0 bridgehead atoms. The number of hydrogen-bond donors (Lipinski definition) is 0. The van der Waals surface area contributed by atoms with E-state index in [1.807, 2.05) is 4.57 Å². The Morgan fingerprint density at radius 3 is 2.86 bits per heavy atom. The van der Waals surface area contributed by atoms with Crippen LogP contribution < -0.4 is 0 Å². The number of likely N-dealkylation sites (tertiary alicyclic amines) is 1. The number of aldehydes is 1. The van der Waals surface area contributed by atoms with Crippen LogP contribution in [-0.4, -0.2) is 40.9 Å². The van der Waals surface area contributed by atoms with E-state index in [2.05, 4.69) is 16.9 Å². The third-order valence-corrected chi connectivity index (χ3v) is 2.90. The summed E-state index contributed by atoms with van der Waals surface area (Å²) in [6.07, 6.45) is 6.48. The minimum atomic E-state index is 0.453. The summed E-state index contributed by atoms with van der Waals surface area (Å²) in [5, 5.41) is 0. The van der Waals surface area contributed by atoms with Crippen molar-refractivity contribution in [2.45, 2.75) is 18.9 Å². The molecule has 0 N–H and O–H groups in total. The Labute approximate surface area is 83.5 Å². The van der Waals surface area contributed by atoms with Crippen molar-refractivity contribution in [2.75, 3.05) is 20.1 Å². The predicted octanol–water partition coefficient (Wildman–Crippen LogP) is 0.962. The molecule has 1 aromatic heterocycles. The fourth-order valence-electron chi connectivity index (χ4n) is 1.98. The van der Waals surface area contributed by atoms with Gasteiger partial charge in [-0.1, -0.05) is 0 Å². The molecule has 76 valence electrons. The fourth-order valence-corrected chi connectivity index (χ4v) is 1.98. The van der Waals surface area contributed by atoms with Crippen LogP contribution in [0.25, 0.3) is 0 Å². The lowest BCUT2D eigenvalue weighted by Crippen LogP contribution is -2.31. The summed E-state index contributed by atoms with van der Waals surface area (Å²) in [5.74, 6) is 0. The molecule has 0 saturated carbocycles. The van der Waals surface area contributed by atoms with Gasteiger partial charge in [-0.3, -0.25) is 4.79 Å². The number of hydrogen-bond acceptors (Lipinski definition) is 3. The van der Waals surface area contributed by atoms with Gasteiger partial charge in [-0.2, -0.15) is 0 Å². The van der Waals surface area contributed by atoms with E-state index in [9.17, 15) is 4.79 Å². The molecule has 4 nitrogen and oxygen atoms in total. The topological polar surface area (TPSA) is 38.1 Å². The predicted molar refractivity (Wildman–Crippen MR) is 53.4 cm³/mol. The van der Waals surface area contributed by atoms with Gasteiger partial charge in [0.2, 0.25) is 0 Å². The van der Waals surface area contributed by atoms with Crippen LogP contribution in [-0.2, 0) is 0 Å². The average molecular weight is 193 g/mol. The zero-order valence-electron chi connectivity index (χ0n) is 8.39. The van der Waals surface area contributed by atoms with Crippen LogP contribution in [0.1, 0.15) is 29.4 Å². The molecule has 0 aromatic carbocycles. The minimum absolute atomic E-state index is 0.453. The Balaban J connectivity index is 2.11. The second kappa shape index (κ2) is 3.92. The highest BCUT2D eigenvalue weighted by Crippen LogP contribution is 2.22. The van der Waals surface area contributed by atoms with Crippen molar-refractivity contribution < 1.29 is 4.79 Å². The number of carbonyl (C=O) groups is 1. The molecule has 0 spiro atoms. The maximum absolute atomic E-state index is 10.7. The summed E-state index contributed by atoms with van der Waals surface area (Å²) in [6.45, 7) is 2.20. The standard InChI is InChI=1S/C10H15N3O/c1-12-4-2-9(3-5-12)13-8-11-6-10(13)7-14/h6-9H,2-5H2,1H3. The van der Waals surface area contributed by atoms with Crippen molar-refractivity contribution in [3.8, 4) is 0 Å². The molecule has 0 amide bonds. The van der Waals surface area contributed by atoms with Crippen LogP contribution >= 0.6 is 0 Å². The second-order valence-corrected chi connectivity index (χ2v) is 3.88. The van der Waals surface area contributed by atoms with Crippen LogP contribution in [0.5, 0.6) is 0 Å².